The van der Waals surface area contributed by atoms with Crippen LogP contribution in [0, 0.1) is 0 Å². The second-order valence-electron chi connectivity index (χ2n) is 6.22. The molecule has 1 amide bonds. The van der Waals surface area contributed by atoms with Crippen molar-refractivity contribution in [1.82, 2.24) is 15.1 Å². The first kappa shape index (κ1) is 20.0. The third kappa shape index (κ3) is 4.39. The molecule has 3 rings (SSSR count). The topological polar surface area (TPSA) is 93.5 Å². The zero-order valence-electron chi connectivity index (χ0n) is 15.3. The molecule has 7 nitrogen and oxygen atoms in total. The van der Waals surface area contributed by atoms with Gasteiger partial charge in [-0.2, -0.15) is 5.10 Å². The van der Waals surface area contributed by atoms with Crippen molar-refractivity contribution in [3.05, 3.63) is 75.2 Å². The lowest BCUT2D eigenvalue weighted by Crippen LogP contribution is -2.34. The monoisotopic (exact) mass is 401 g/mol. The molecule has 1 atom stereocenters. The Hall–Kier alpha value is -2.74. The Balaban J connectivity index is 1.76. The number of nitrogens with zero attached hydrogens (tertiary/aromatic N) is 2. The predicted octanol–water partition coefficient (Wildman–Crippen LogP) is 1.99. The predicted molar refractivity (Wildman–Crippen MR) is 107 cm³/mol. The SMILES string of the molecule is CNC(=O)c1nn(CC(O)COCc2ccccc2Cl)c(=O)c2ccccc12. The van der Waals surface area contributed by atoms with Crippen LogP contribution in [-0.4, -0.2) is 40.6 Å². The van der Waals surface area contributed by atoms with Crippen LogP contribution in [0.15, 0.2) is 53.3 Å². The number of ether oxygens (including phenoxy) is 1. The summed E-state index contributed by atoms with van der Waals surface area (Å²) in [5.41, 5.74) is 0.551. The van der Waals surface area contributed by atoms with Crippen molar-refractivity contribution in [2.45, 2.75) is 19.3 Å². The number of hydrogen-bond acceptors (Lipinski definition) is 5. The Bertz CT molecular complexity index is 1050. The fraction of sp³-hybridized carbons (Fsp3) is 0.250. The Morgan fingerprint density at radius 1 is 1.21 bits per heavy atom. The Labute approximate surface area is 166 Å². The molecule has 1 unspecified atom stereocenters. The van der Waals surface area contributed by atoms with Gasteiger partial charge in [-0.05, 0) is 17.7 Å². The van der Waals surface area contributed by atoms with Gasteiger partial charge in [0.15, 0.2) is 5.69 Å². The Morgan fingerprint density at radius 2 is 1.89 bits per heavy atom. The second kappa shape index (κ2) is 8.97. The zero-order valence-corrected chi connectivity index (χ0v) is 16.0. The van der Waals surface area contributed by atoms with E-state index in [1.54, 1.807) is 30.3 Å². The lowest BCUT2D eigenvalue weighted by Gasteiger charge is -2.15. The minimum atomic E-state index is -0.980. The van der Waals surface area contributed by atoms with E-state index in [0.717, 1.165) is 10.2 Å². The first-order valence-electron chi connectivity index (χ1n) is 8.72. The summed E-state index contributed by atoms with van der Waals surface area (Å²) >= 11 is 6.07. The lowest BCUT2D eigenvalue weighted by molar-refractivity contribution is 0.0180. The Kier molecular flexibility index (Phi) is 6.41. The molecule has 0 fully saturated rings. The van der Waals surface area contributed by atoms with Gasteiger partial charge in [0.25, 0.3) is 11.5 Å². The largest absolute Gasteiger partial charge is 0.389 e. The first-order chi connectivity index (χ1) is 13.5. The average Bonchev–Trinajstić information content (AvgIpc) is 2.71. The summed E-state index contributed by atoms with van der Waals surface area (Å²) < 4.78 is 6.60. The molecule has 28 heavy (non-hydrogen) atoms. The van der Waals surface area contributed by atoms with Crippen molar-refractivity contribution >= 4 is 28.3 Å². The van der Waals surface area contributed by atoms with Crippen LogP contribution in [-0.2, 0) is 17.9 Å². The van der Waals surface area contributed by atoms with Crippen LogP contribution in [0.25, 0.3) is 10.8 Å². The van der Waals surface area contributed by atoms with E-state index >= 15 is 0 Å². The summed E-state index contributed by atoms with van der Waals surface area (Å²) in [5.74, 6) is -0.408. The van der Waals surface area contributed by atoms with Gasteiger partial charge in [0.1, 0.15) is 0 Å². The third-order valence-corrected chi connectivity index (χ3v) is 4.59. The molecule has 0 radical (unpaired) electrons. The van der Waals surface area contributed by atoms with Gasteiger partial charge in [0.2, 0.25) is 0 Å². The van der Waals surface area contributed by atoms with E-state index in [0.29, 0.717) is 15.8 Å². The minimum absolute atomic E-state index is 0.0124. The summed E-state index contributed by atoms with van der Waals surface area (Å²) in [7, 11) is 1.49. The number of hydrogen-bond donors (Lipinski definition) is 2. The highest BCUT2D eigenvalue weighted by Gasteiger charge is 2.17. The molecule has 1 heterocycles. The fourth-order valence-electron chi connectivity index (χ4n) is 2.82. The smallest absolute Gasteiger partial charge is 0.274 e. The van der Waals surface area contributed by atoms with Gasteiger partial charge < -0.3 is 15.2 Å². The second-order valence-corrected chi connectivity index (χ2v) is 6.63. The fourth-order valence-corrected chi connectivity index (χ4v) is 3.01. The molecule has 2 aromatic carbocycles. The highest BCUT2D eigenvalue weighted by Crippen LogP contribution is 2.16. The number of rotatable bonds is 7. The molecule has 0 aliphatic carbocycles. The summed E-state index contributed by atoms with van der Waals surface area (Å²) in [4.78, 5) is 24.8. The van der Waals surface area contributed by atoms with Crippen LogP contribution in [0.1, 0.15) is 16.1 Å². The van der Waals surface area contributed by atoms with Gasteiger partial charge in [-0.25, -0.2) is 4.68 Å². The standard InChI is InChI=1S/C20H20ClN3O4/c1-22-19(26)18-15-7-3-4-8-16(15)20(27)24(23-18)10-14(25)12-28-11-13-6-2-5-9-17(13)21/h2-9,14,25H,10-12H2,1H3,(H,22,26). The molecular formula is C20H20ClN3O4. The van der Waals surface area contributed by atoms with E-state index in [1.807, 2.05) is 18.2 Å². The zero-order chi connectivity index (χ0) is 20.1. The number of aliphatic hydroxyl groups excluding tert-OH is 1. The van der Waals surface area contributed by atoms with Gasteiger partial charge in [0.05, 0.1) is 31.2 Å². The molecule has 0 bridgehead atoms. The quantitative estimate of drug-likeness (QED) is 0.631. The molecule has 0 saturated carbocycles. The lowest BCUT2D eigenvalue weighted by atomic mass is 10.1. The van der Waals surface area contributed by atoms with Crippen molar-refractivity contribution in [3.8, 4) is 0 Å². The number of aliphatic hydroxyl groups is 1. The highest BCUT2D eigenvalue weighted by atomic mass is 35.5. The van der Waals surface area contributed by atoms with E-state index in [-0.39, 0.29) is 31.0 Å². The van der Waals surface area contributed by atoms with Crippen molar-refractivity contribution in [2.75, 3.05) is 13.7 Å². The molecule has 0 aliphatic heterocycles. The number of carbonyl (C=O) groups excluding carboxylic acids is 1. The first-order valence-corrected chi connectivity index (χ1v) is 9.10. The van der Waals surface area contributed by atoms with Crippen molar-refractivity contribution in [1.29, 1.82) is 0 Å². The number of nitrogens with one attached hydrogen (secondary N) is 1. The minimum Gasteiger partial charge on any atom is -0.389 e. The number of aromatic nitrogens is 2. The summed E-state index contributed by atoms with van der Waals surface area (Å²) in [5, 5.41) is 18.3. The normalized spacial score (nSPS) is 12.1. The van der Waals surface area contributed by atoms with Gasteiger partial charge >= 0.3 is 0 Å². The van der Waals surface area contributed by atoms with Gasteiger partial charge in [-0.1, -0.05) is 48.0 Å². The molecule has 8 heteroatoms. The van der Waals surface area contributed by atoms with E-state index < -0.39 is 12.0 Å². The maximum atomic E-state index is 12.7. The Morgan fingerprint density at radius 3 is 2.61 bits per heavy atom. The van der Waals surface area contributed by atoms with Gasteiger partial charge in [-0.3, -0.25) is 9.59 Å². The van der Waals surface area contributed by atoms with Crippen LogP contribution >= 0.6 is 11.6 Å². The molecule has 0 saturated heterocycles. The van der Waals surface area contributed by atoms with E-state index in [4.69, 9.17) is 16.3 Å². The summed E-state index contributed by atoms with van der Waals surface area (Å²) in [6, 6.07) is 14.0. The van der Waals surface area contributed by atoms with Crippen molar-refractivity contribution in [3.63, 3.8) is 0 Å². The number of carbonyl (C=O) groups is 1. The van der Waals surface area contributed by atoms with Crippen molar-refractivity contribution < 1.29 is 14.6 Å². The highest BCUT2D eigenvalue weighted by molar-refractivity contribution is 6.31. The van der Waals surface area contributed by atoms with E-state index in [2.05, 4.69) is 10.4 Å². The number of benzene rings is 2. The van der Waals surface area contributed by atoms with Crippen LogP contribution in [0.3, 0.4) is 0 Å². The van der Waals surface area contributed by atoms with Gasteiger partial charge in [0, 0.05) is 17.5 Å². The van der Waals surface area contributed by atoms with Crippen LogP contribution in [0.2, 0.25) is 5.02 Å². The van der Waals surface area contributed by atoms with Crippen LogP contribution in [0.5, 0.6) is 0 Å². The maximum absolute atomic E-state index is 12.7. The van der Waals surface area contributed by atoms with Crippen LogP contribution < -0.4 is 10.9 Å². The average molecular weight is 402 g/mol. The van der Waals surface area contributed by atoms with Crippen LogP contribution in [0.4, 0.5) is 0 Å². The molecule has 3 aromatic rings. The number of halogens is 1. The van der Waals surface area contributed by atoms with E-state index in [9.17, 15) is 14.7 Å². The molecule has 2 N–H and O–H groups in total. The number of amides is 1. The van der Waals surface area contributed by atoms with E-state index in [1.165, 1.54) is 7.05 Å². The molecule has 0 aliphatic rings. The molecule has 146 valence electrons. The van der Waals surface area contributed by atoms with Gasteiger partial charge in [-0.15, -0.1) is 0 Å². The third-order valence-electron chi connectivity index (χ3n) is 4.22. The van der Waals surface area contributed by atoms with Crippen molar-refractivity contribution in [2.24, 2.45) is 0 Å². The maximum Gasteiger partial charge on any atom is 0.274 e. The molecular weight excluding hydrogens is 382 g/mol. The number of fused-ring (bicyclic) bond motifs is 1. The molecule has 0 spiro atoms. The summed E-state index contributed by atoms with van der Waals surface area (Å²) in [6.45, 7) is 0.123. The summed E-state index contributed by atoms with van der Waals surface area (Å²) in [6.07, 6.45) is -0.980. The molecule has 1 aromatic heterocycles.